The second-order valence-electron chi connectivity index (χ2n) is 7.09. The lowest BCUT2D eigenvalue weighted by atomic mass is 10.1. The molecule has 0 unspecified atom stereocenters. The number of aromatic carboxylic acids is 1. The normalized spacial score (nSPS) is 14.1. The van der Waals surface area contributed by atoms with Crippen LogP contribution >= 0.6 is 0 Å². The molecule has 1 aromatic heterocycles. The number of pyridine rings is 1. The van der Waals surface area contributed by atoms with Crippen molar-refractivity contribution in [3.63, 3.8) is 0 Å². The number of morpholine rings is 1. The lowest BCUT2D eigenvalue weighted by molar-refractivity contribution is -0.255. The quantitative estimate of drug-likeness (QED) is 0.595. The van der Waals surface area contributed by atoms with Gasteiger partial charge >= 0.3 is 0 Å². The van der Waals surface area contributed by atoms with Gasteiger partial charge in [-0.15, -0.1) is 0 Å². The van der Waals surface area contributed by atoms with Crippen LogP contribution in [0.1, 0.15) is 17.3 Å². The zero-order valence-corrected chi connectivity index (χ0v) is 17.0. The number of nitrogens with zero attached hydrogens (tertiary/aromatic N) is 2. The van der Waals surface area contributed by atoms with Crippen LogP contribution in [0.4, 0.5) is 18.9 Å². The number of aromatic nitrogens is 1. The predicted octanol–water partition coefficient (Wildman–Crippen LogP) is 2.01. The van der Waals surface area contributed by atoms with Gasteiger partial charge in [-0.3, -0.25) is 4.79 Å². The number of carboxylic acid groups (broad SMARTS) is 1. The number of hydrogen-bond donors (Lipinski definition) is 0. The van der Waals surface area contributed by atoms with Gasteiger partial charge in [-0.05, 0) is 25.1 Å². The van der Waals surface area contributed by atoms with Crippen LogP contribution < -0.4 is 20.2 Å². The highest BCUT2D eigenvalue weighted by atomic mass is 19.1. The second kappa shape index (κ2) is 8.54. The summed E-state index contributed by atoms with van der Waals surface area (Å²) in [5.74, 6) is -4.74. The molecule has 1 saturated heterocycles. The minimum Gasteiger partial charge on any atom is -0.545 e. The monoisotopic (exact) mass is 447 g/mol. The molecule has 1 aliphatic rings. The van der Waals surface area contributed by atoms with Gasteiger partial charge in [0.05, 0.1) is 42.3 Å². The van der Waals surface area contributed by atoms with E-state index in [9.17, 15) is 23.5 Å². The van der Waals surface area contributed by atoms with E-state index in [4.69, 9.17) is 9.47 Å². The molecule has 1 fully saturated rings. The van der Waals surface area contributed by atoms with Crippen molar-refractivity contribution in [1.82, 2.24) is 4.57 Å². The standard InChI is InChI=1S/C22H19F3N2O5/c1-2-32-17-4-3-12(9-15(17)23)27-11-14(22(29)30)21(28)13-10-16(24)20(18(25)19(13)27)26-5-7-31-8-6-26/h3-4,9-11H,2,5-8H2,1H3,(H,29,30)/p-1. The number of halogens is 3. The van der Waals surface area contributed by atoms with Gasteiger partial charge in [0.25, 0.3) is 0 Å². The number of carbonyl (C=O) groups is 1. The van der Waals surface area contributed by atoms with Crippen molar-refractivity contribution < 1.29 is 32.5 Å². The number of anilines is 1. The molecule has 3 aromatic rings. The Kier molecular flexibility index (Phi) is 5.79. The molecule has 0 aliphatic carbocycles. The van der Waals surface area contributed by atoms with Gasteiger partial charge < -0.3 is 28.8 Å². The highest BCUT2D eigenvalue weighted by molar-refractivity contribution is 5.93. The third-order valence-corrected chi connectivity index (χ3v) is 5.20. The molecular formula is C22H18F3N2O5-. The first kappa shape index (κ1) is 21.7. The van der Waals surface area contributed by atoms with E-state index < -0.39 is 39.8 Å². The molecule has 1 aliphatic heterocycles. The van der Waals surface area contributed by atoms with Crippen molar-refractivity contribution in [2.24, 2.45) is 0 Å². The first-order valence-corrected chi connectivity index (χ1v) is 9.87. The van der Waals surface area contributed by atoms with Crippen LogP contribution in [0.2, 0.25) is 0 Å². The molecule has 168 valence electrons. The van der Waals surface area contributed by atoms with Gasteiger partial charge in [0.15, 0.2) is 22.8 Å². The van der Waals surface area contributed by atoms with E-state index in [1.54, 1.807) is 6.92 Å². The number of carbonyl (C=O) groups excluding carboxylic acids is 1. The maximum absolute atomic E-state index is 15.7. The highest BCUT2D eigenvalue weighted by Crippen LogP contribution is 2.32. The molecule has 0 N–H and O–H groups in total. The van der Waals surface area contributed by atoms with Crippen LogP contribution in [0.15, 0.2) is 35.3 Å². The van der Waals surface area contributed by atoms with E-state index in [1.807, 2.05) is 0 Å². The minimum absolute atomic E-state index is 0.0110. The molecule has 10 heteroatoms. The summed E-state index contributed by atoms with van der Waals surface area (Å²) < 4.78 is 56.5. The van der Waals surface area contributed by atoms with Gasteiger partial charge in [-0.1, -0.05) is 0 Å². The third-order valence-electron chi connectivity index (χ3n) is 5.20. The summed E-state index contributed by atoms with van der Waals surface area (Å²) >= 11 is 0. The molecule has 0 atom stereocenters. The minimum atomic E-state index is -1.82. The van der Waals surface area contributed by atoms with Gasteiger partial charge in [-0.25, -0.2) is 13.2 Å². The number of ether oxygens (including phenoxy) is 2. The zero-order valence-electron chi connectivity index (χ0n) is 17.0. The van der Waals surface area contributed by atoms with Crippen LogP contribution in [0.3, 0.4) is 0 Å². The van der Waals surface area contributed by atoms with Crippen LogP contribution in [-0.4, -0.2) is 43.4 Å². The summed E-state index contributed by atoms with van der Waals surface area (Å²) in [5, 5.41) is 11.0. The Bertz CT molecular complexity index is 1270. The SMILES string of the molecule is CCOc1ccc(-n2cc(C(=O)[O-])c(=O)c3cc(F)c(N4CCOCC4)c(F)c32)cc1F. The fourth-order valence-corrected chi connectivity index (χ4v) is 3.74. The molecule has 4 rings (SSSR count). The Morgan fingerprint density at radius 3 is 2.50 bits per heavy atom. The molecule has 0 amide bonds. The molecule has 0 saturated carbocycles. The summed E-state index contributed by atoms with van der Waals surface area (Å²) in [6.07, 6.45) is 0.846. The smallest absolute Gasteiger partial charge is 0.198 e. The summed E-state index contributed by atoms with van der Waals surface area (Å²) in [5.41, 5.74) is -2.66. The lowest BCUT2D eigenvalue weighted by Crippen LogP contribution is -2.37. The van der Waals surface area contributed by atoms with Crippen molar-refractivity contribution in [1.29, 1.82) is 0 Å². The zero-order chi connectivity index (χ0) is 23.0. The van der Waals surface area contributed by atoms with Crippen molar-refractivity contribution in [3.8, 4) is 11.4 Å². The maximum Gasteiger partial charge on any atom is 0.198 e. The van der Waals surface area contributed by atoms with Gasteiger partial charge in [0, 0.05) is 31.0 Å². The fourth-order valence-electron chi connectivity index (χ4n) is 3.74. The summed E-state index contributed by atoms with van der Waals surface area (Å²) in [6.45, 7) is 2.85. The number of benzene rings is 2. The average molecular weight is 447 g/mol. The molecule has 32 heavy (non-hydrogen) atoms. The highest BCUT2D eigenvalue weighted by Gasteiger charge is 2.25. The molecule has 2 aromatic carbocycles. The van der Waals surface area contributed by atoms with E-state index in [2.05, 4.69) is 0 Å². The summed E-state index contributed by atoms with van der Waals surface area (Å²) in [7, 11) is 0. The Balaban J connectivity index is 2.04. The topological polar surface area (TPSA) is 83.8 Å². The van der Waals surface area contributed by atoms with Crippen LogP contribution in [0.5, 0.6) is 5.75 Å². The first-order valence-electron chi connectivity index (χ1n) is 9.87. The summed E-state index contributed by atoms with van der Waals surface area (Å²) in [6, 6.07) is 4.46. The van der Waals surface area contributed by atoms with Crippen LogP contribution in [0.25, 0.3) is 16.6 Å². The molecule has 2 heterocycles. The summed E-state index contributed by atoms with van der Waals surface area (Å²) in [4.78, 5) is 25.6. The van der Waals surface area contributed by atoms with E-state index >= 15 is 4.39 Å². The number of hydrogen-bond acceptors (Lipinski definition) is 6. The van der Waals surface area contributed by atoms with E-state index in [0.717, 1.165) is 22.9 Å². The molecular weight excluding hydrogens is 429 g/mol. The van der Waals surface area contributed by atoms with Gasteiger partial charge in [-0.2, -0.15) is 0 Å². The van der Waals surface area contributed by atoms with E-state index in [-0.39, 0.29) is 55.6 Å². The predicted molar refractivity (Wildman–Crippen MR) is 108 cm³/mol. The Labute approximate surface area is 180 Å². The fraction of sp³-hybridized carbons (Fsp3) is 0.273. The second-order valence-corrected chi connectivity index (χ2v) is 7.09. The lowest BCUT2D eigenvalue weighted by Gasteiger charge is -2.30. The third kappa shape index (κ3) is 3.66. The number of rotatable bonds is 5. The van der Waals surface area contributed by atoms with E-state index in [1.165, 1.54) is 17.0 Å². The van der Waals surface area contributed by atoms with Crippen molar-refractivity contribution in [2.45, 2.75) is 6.92 Å². The number of carboxylic acids is 1. The molecule has 0 bridgehead atoms. The molecule has 0 radical (unpaired) electrons. The number of fused-ring (bicyclic) bond motifs is 1. The van der Waals surface area contributed by atoms with Gasteiger partial charge in [0.1, 0.15) is 11.5 Å². The largest absolute Gasteiger partial charge is 0.545 e. The van der Waals surface area contributed by atoms with Crippen LogP contribution in [-0.2, 0) is 4.74 Å². The Morgan fingerprint density at radius 2 is 1.88 bits per heavy atom. The van der Waals surface area contributed by atoms with Crippen molar-refractivity contribution >= 4 is 22.6 Å². The average Bonchev–Trinajstić information content (AvgIpc) is 2.76. The van der Waals surface area contributed by atoms with Crippen molar-refractivity contribution in [2.75, 3.05) is 37.8 Å². The Hall–Kier alpha value is -3.53. The first-order chi connectivity index (χ1) is 15.3. The van der Waals surface area contributed by atoms with Gasteiger partial charge in [0.2, 0.25) is 0 Å². The van der Waals surface area contributed by atoms with Crippen LogP contribution in [0, 0.1) is 17.5 Å². The maximum atomic E-state index is 15.7. The van der Waals surface area contributed by atoms with E-state index in [0.29, 0.717) is 0 Å². The molecule has 7 nitrogen and oxygen atoms in total. The Morgan fingerprint density at radius 1 is 1.16 bits per heavy atom. The van der Waals surface area contributed by atoms with Crippen molar-refractivity contribution in [3.05, 3.63) is 63.7 Å². The molecule has 0 spiro atoms.